The lowest BCUT2D eigenvalue weighted by Crippen LogP contribution is -2.65. The number of carbonyl (C=O) groups is 3. The Morgan fingerprint density at radius 3 is 2.43 bits per heavy atom. The fraction of sp³-hybridized carbons (Fsp3) is 0.296. The predicted molar refractivity (Wildman–Crippen MR) is 134 cm³/mol. The van der Waals surface area contributed by atoms with Crippen molar-refractivity contribution in [3.63, 3.8) is 0 Å². The van der Waals surface area contributed by atoms with Gasteiger partial charge in [0.2, 0.25) is 5.78 Å². The lowest BCUT2D eigenvalue weighted by molar-refractivity contribution is -0.153. The number of hydrogen-bond acceptors (Lipinski definition) is 9. The molecule has 0 aromatic heterocycles. The first-order chi connectivity index (χ1) is 17.4. The van der Waals surface area contributed by atoms with Gasteiger partial charge in [-0.15, -0.1) is 0 Å². The Hall–Kier alpha value is -4.15. The van der Waals surface area contributed by atoms with Gasteiger partial charge in [-0.3, -0.25) is 19.3 Å². The van der Waals surface area contributed by atoms with Crippen LogP contribution in [0.25, 0.3) is 16.9 Å². The van der Waals surface area contributed by atoms with Gasteiger partial charge in [-0.05, 0) is 67.7 Å². The number of Topliss-reactive ketones (excluding diaryl/α,β-unsaturated/α-hetero) is 2. The van der Waals surface area contributed by atoms with Crippen molar-refractivity contribution in [1.29, 1.82) is 0 Å². The Labute approximate surface area is 212 Å². The molecular weight excluding hydrogens is 478 g/mol. The summed E-state index contributed by atoms with van der Waals surface area (Å²) in [5, 5.41) is 44.5. The maximum absolute atomic E-state index is 13.9. The number of rotatable bonds is 3. The quantitative estimate of drug-likeness (QED) is 0.263. The van der Waals surface area contributed by atoms with E-state index in [1.54, 1.807) is 38.4 Å². The van der Waals surface area contributed by atoms with Gasteiger partial charge in [-0.25, -0.2) is 0 Å². The molecule has 4 unspecified atom stereocenters. The first-order valence-corrected chi connectivity index (χ1v) is 11.7. The SMILES string of the molecule is CN(C)C1C(=O)C(C(N)=O)=C(O)C2(O)C(=O)C3=C(O)c4c(O)ccc(-c5cccc(N)c5)c4CC3CC12. The number of amides is 1. The molecule has 2 aromatic rings. The second-order valence-electron chi connectivity index (χ2n) is 10.1. The van der Waals surface area contributed by atoms with Crippen molar-refractivity contribution in [1.82, 2.24) is 4.90 Å². The number of nitrogens with two attached hydrogens (primary N) is 2. The largest absolute Gasteiger partial charge is 0.508 e. The van der Waals surface area contributed by atoms with Crippen molar-refractivity contribution >= 4 is 28.9 Å². The number of aliphatic hydroxyl groups is 3. The first kappa shape index (κ1) is 24.5. The highest BCUT2D eigenvalue weighted by Crippen LogP contribution is 2.53. The average molecular weight is 506 g/mol. The number of nitrogen functional groups attached to an aromatic ring is 1. The summed E-state index contributed by atoms with van der Waals surface area (Å²) < 4.78 is 0. The molecule has 192 valence electrons. The number of likely N-dealkylation sites (N-methyl/N-ethyl adjacent to an activating group) is 1. The summed E-state index contributed by atoms with van der Waals surface area (Å²) in [6, 6.07) is 9.05. The van der Waals surface area contributed by atoms with Crippen LogP contribution in [0.1, 0.15) is 17.5 Å². The van der Waals surface area contributed by atoms with E-state index in [1.807, 2.05) is 6.07 Å². The Morgan fingerprint density at radius 1 is 1.11 bits per heavy atom. The normalized spacial score (nSPS) is 27.2. The van der Waals surface area contributed by atoms with E-state index in [9.17, 15) is 34.8 Å². The van der Waals surface area contributed by atoms with Gasteiger partial charge < -0.3 is 31.9 Å². The smallest absolute Gasteiger partial charge is 0.255 e. The highest BCUT2D eigenvalue weighted by Gasteiger charge is 2.64. The Balaban J connectivity index is 1.75. The summed E-state index contributed by atoms with van der Waals surface area (Å²) in [5.41, 5.74) is 10.2. The lowest BCUT2D eigenvalue weighted by atomic mass is 9.57. The number of phenols is 1. The molecule has 1 saturated carbocycles. The molecule has 1 fully saturated rings. The highest BCUT2D eigenvalue weighted by molar-refractivity contribution is 6.24. The number of aromatic hydroxyl groups is 1. The van der Waals surface area contributed by atoms with Gasteiger partial charge in [0.05, 0.1) is 11.6 Å². The lowest BCUT2D eigenvalue weighted by Gasteiger charge is -2.50. The summed E-state index contributed by atoms with van der Waals surface area (Å²) in [4.78, 5) is 40.6. The van der Waals surface area contributed by atoms with Crippen molar-refractivity contribution in [2.45, 2.75) is 24.5 Å². The van der Waals surface area contributed by atoms with Crippen LogP contribution in [0, 0.1) is 11.8 Å². The second-order valence-corrected chi connectivity index (χ2v) is 10.1. The van der Waals surface area contributed by atoms with Gasteiger partial charge in [0, 0.05) is 17.2 Å². The molecule has 8 N–H and O–H groups in total. The summed E-state index contributed by atoms with van der Waals surface area (Å²) in [5.74, 6) is -6.78. The molecule has 5 rings (SSSR count). The number of primary amides is 1. The van der Waals surface area contributed by atoms with Gasteiger partial charge in [0.1, 0.15) is 22.8 Å². The number of phenolic OH excluding ortho intramolecular Hbond substituents is 1. The van der Waals surface area contributed by atoms with E-state index in [1.165, 1.54) is 11.0 Å². The predicted octanol–water partition coefficient (Wildman–Crippen LogP) is 1.21. The number of aliphatic hydroxyl groups excluding tert-OH is 2. The molecule has 10 heteroatoms. The summed E-state index contributed by atoms with van der Waals surface area (Å²) in [7, 11) is 3.12. The van der Waals surface area contributed by atoms with Crippen LogP contribution in [0.3, 0.4) is 0 Å². The third-order valence-corrected chi connectivity index (χ3v) is 7.80. The zero-order valence-corrected chi connectivity index (χ0v) is 20.2. The van der Waals surface area contributed by atoms with E-state index in [0.29, 0.717) is 16.8 Å². The first-order valence-electron chi connectivity index (χ1n) is 11.7. The fourth-order valence-electron chi connectivity index (χ4n) is 6.22. The molecule has 0 spiro atoms. The minimum absolute atomic E-state index is 0.0256. The third-order valence-electron chi connectivity index (χ3n) is 7.80. The summed E-state index contributed by atoms with van der Waals surface area (Å²) >= 11 is 0. The van der Waals surface area contributed by atoms with Crippen molar-refractivity contribution < 1.29 is 34.8 Å². The molecule has 3 aliphatic rings. The minimum atomic E-state index is -2.66. The molecule has 0 heterocycles. The van der Waals surface area contributed by atoms with E-state index >= 15 is 0 Å². The molecule has 37 heavy (non-hydrogen) atoms. The average Bonchev–Trinajstić information content (AvgIpc) is 2.81. The number of nitrogens with zero attached hydrogens (tertiary/aromatic N) is 1. The standard InChI is InChI=1S/C27H27N3O7/c1-30(2)21-16-10-12-9-15-14(11-4-3-5-13(28)8-11)6-7-17(31)19(15)22(32)18(12)24(34)27(16,37)25(35)20(23(21)33)26(29)36/h3-8,12,16,21,31-32,35,37H,9-10,28H2,1-2H3,(H2,29,36). The van der Waals surface area contributed by atoms with Crippen LogP contribution in [-0.2, 0) is 20.8 Å². The van der Waals surface area contributed by atoms with Crippen LogP contribution in [0.4, 0.5) is 5.69 Å². The number of fused-ring (bicyclic) bond motifs is 3. The van der Waals surface area contributed by atoms with E-state index in [0.717, 1.165) is 5.56 Å². The van der Waals surface area contributed by atoms with Crippen molar-refractivity contribution in [3.8, 4) is 16.9 Å². The second kappa shape index (κ2) is 8.19. The van der Waals surface area contributed by atoms with E-state index < -0.39 is 58.0 Å². The van der Waals surface area contributed by atoms with Gasteiger partial charge >= 0.3 is 0 Å². The third kappa shape index (κ3) is 3.29. The van der Waals surface area contributed by atoms with Crippen LogP contribution in [-0.4, -0.2) is 68.5 Å². The number of hydrogen-bond donors (Lipinski definition) is 6. The van der Waals surface area contributed by atoms with Crippen LogP contribution >= 0.6 is 0 Å². The van der Waals surface area contributed by atoms with E-state index in [2.05, 4.69) is 0 Å². The zero-order chi connectivity index (χ0) is 27.0. The topological polar surface area (TPSA) is 187 Å². The molecule has 10 nitrogen and oxygen atoms in total. The Kier molecular flexibility index (Phi) is 5.43. The van der Waals surface area contributed by atoms with Gasteiger partial charge in [0.15, 0.2) is 11.4 Å². The highest BCUT2D eigenvalue weighted by atomic mass is 16.3. The fourth-order valence-corrected chi connectivity index (χ4v) is 6.22. The number of ketones is 2. The minimum Gasteiger partial charge on any atom is -0.508 e. The van der Waals surface area contributed by atoms with Crippen LogP contribution in [0.5, 0.6) is 5.75 Å². The molecule has 2 aromatic carbocycles. The van der Waals surface area contributed by atoms with Crippen LogP contribution < -0.4 is 11.5 Å². The number of benzene rings is 2. The molecule has 0 bridgehead atoms. The number of anilines is 1. The van der Waals surface area contributed by atoms with Crippen molar-refractivity contribution in [2.24, 2.45) is 17.6 Å². The summed E-state index contributed by atoms with van der Waals surface area (Å²) in [6.45, 7) is 0. The van der Waals surface area contributed by atoms with Crippen molar-refractivity contribution in [3.05, 3.63) is 64.4 Å². The molecule has 3 aliphatic carbocycles. The summed E-state index contributed by atoms with van der Waals surface area (Å²) in [6.07, 6.45) is 0.227. The Morgan fingerprint density at radius 2 is 1.81 bits per heavy atom. The van der Waals surface area contributed by atoms with E-state index in [-0.39, 0.29) is 29.7 Å². The molecule has 1 amide bonds. The van der Waals surface area contributed by atoms with Gasteiger partial charge in [0.25, 0.3) is 5.91 Å². The molecule has 0 radical (unpaired) electrons. The maximum Gasteiger partial charge on any atom is 0.255 e. The van der Waals surface area contributed by atoms with Gasteiger partial charge in [-0.2, -0.15) is 0 Å². The molecule has 0 saturated heterocycles. The monoisotopic (exact) mass is 505 g/mol. The van der Waals surface area contributed by atoms with Crippen LogP contribution in [0.2, 0.25) is 0 Å². The number of carbonyl (C=O) groups excluding carboxylic acids is 3. The van der Waals surface area contributed by atoms with Gasteiger partial charge in [-0.1, -0.05) is 18.2 Å². The maximum atomic E-state index is 13.9. The Bertz CT molecular complexity index is 1460. The zero-order valence-electron chi connectivity index (χ0n) is 20.2. The molecular formula is C27H27N3O7. The van der Waals surface area contributed by atoms with E-state index in [4.69, 9.17) is 11.5 Å². The van der Waals surface area contributed by atoms with Crippen LogP contribution in [0.15, 0.2) is 53.3 Å². The molecule has 0 aliphatic heterocycles. The molecule has 4 atom stereocenters. The van der Waals surface area contributed by atoms with Crippen molar-refractivity contribution in [2.75, 3.05) is 19.8 Å².